The minimum absolute atomic E-state index is 0.0591. The molecule has 0 spiro atoms. The zero-order chi connectivity index (χ0) is 13.2. The number of rotatable bonds is 3. The maximum atomic E-state index is 11.5. The number of carbonyl (C=O) groups is 3. The number of carbonyl (C=O) groups excluding carboxylic acids is 2. The molecule has 0 radical (unpaired) electrons. The van der Waals surface area contributed by atoms with Crippen molar-refractivity contribution in [1.82, 2.24) is 10.2 Å². The number of carboxylic acid groups (broad SMARTS) is 1. The molecule has 5 N–H and O–H groups in total. The minimum atomic E-state index is -1.11. The number of likely N-dealkylation sites (tertiary alicyclic amines) is 1. The number of urea groups is 1. The molecule has 1 saturated heterocycles. The Balaban J connectivity index is 2.73. The van der Waals surface area contributed by atoms with Crippen molar-refractivity contribution in [3.8, 4) is 0 Å². The van der Waals surface area contributed by atoms with Gasteiger partial charge in [0.15, 0.2) is 0 Å². The molecule has 8 heteroatoms. The molecule has 3 amide bonds. The maximum Gasteiger partial charge on any atom is 0.321 e. The topological polar surface area (TPSA) is 133 Å². The van der Waals surface area contributed by atoms with Gasteiger partial charge in [-0.15, -0.1) is 0 Å². The monoisotopic (exact) mass is 245 g/mol. The summed E-state index contributed by atoms with van der Waals surface area (Å²) in [5, 5.41) is 20.2. The Bertz CT molecular complexity index is 346. The lowest BCUT2D eigenvalue weighted by Crippen LogP contribution is -2.51. The van der Waals surface area contributed by atoms with Crippen molar-refractivity contribution < 1.29 is 24.6 Å². The second-order valence-corrected chi connectivity index (χ2v) is 3.97. The van der Waals surface area contributed by atoms with Gasteiger partial charge in [-0.2, -0.15) is 0 Å². The van der Waals surface area contributed by atoms with E-state index in [1.54, 1.807) is 0 Å². The molecule has 0 bridgehead atoms. The number of β-amino-alcohol motifs (C(OH)–C–C–N with tert-alkyl or cyclic N) is 1. The zero-order valence-corrected chi connectivity index (χ0v) is 9.29. The van der Waals surface area contributed by atoms with Crippen LogP contribution in [0.4, 0.5) is 4.79 Å². The lowest BCUT2D eigenvalue weighted by Gasteiger charge is -2.26. The first-order chi connectivity index (χ1) is 7.82. The number of amides is 3. The molecule has 3 atom stereocenters. The summed E-state index contributed by atoms with van der Waals surface area (Å²) in [6, 6.07) is -2.77. The molecule has 96 valence electrons. The number of primary amides is 1. The van der Waals surface area contributed by atoms with Crippen LogP contribution in [0.1, 0.15) is 13.3 Å². The van der Waals surface area contributed by atoms with Crippen LogP contribution in [-0.4, -0.2) is 57.8 Å². The maximum absolute atomic E-state index is 11.5. The highest BCUT2D eigenvalue weighted by atomic mass is 16.4. The van der Waals surface area contributed by atoms with Gasteiger partial charge < -0.3 is 15.9 Å². The molecule has 1 aliphatic heterocycles. The molecule has 0 aliphatic carbocycles. The molecular formula is C9H15N3O5. The Hall–Kier alpha value is -1.67. The summed E-state index contributed by atoms with van der Waals surface area (Å²) < 4.78 is 0. The fourth-order valence-corrected chi connectivity index (χ4v) is 1.89. The second-order valence-electron chi connectivity index (χ2n) is 3.97. The average molecular weight is 245 g/mol. The third-order valence-electron chi connectivity index (χ3n) is 2.73. The van der Waals surface area contributed by atoms with Gasteiger partial charge in [0.1, 0.15) is 6.04 Å². The molecule has 1 heterocycles. The minimum Gasteiger partial charge on any atom is -0.480 e. The highest BCUT2D eigenvalue weighted by molar-refractivity contribution is 5.96. The predicted octanol–water partition coefficient (Wildman–Crippen LogP) is -1.91. The van der Waals surface area contributed by atoms with Crippen molar-refractivity contribution in [2.24, 2.45) is 5.73 Å². The Morgan fingerprint density at radius 3 is 2.53 bits per heavy atom. The van der Waals surface area contributed by atoms with Crippen LogP contribution in [0.2, 0.25) is 0 Å². The van der Waals surface area contributed by atoms with E-state index in [-0.39, 0.29) is 13.0 Å². The van der Waals surface area contributed by atoms with Crippen molar-refractivity contribution in [1.29, 1.82) is 0 Å². The van der Waals surface area contributed by atoms with E-state index in [0.717, 1.165) is 0 Å². The van der Waals surface area contributed by atoms with Crippen molar-refractivity contribution >= 4 is 17.9 Å². The van der Waals surface area contributed by atoms with Gasteiger partial charge in [0.25, 0.3) is 0 Å². The van der Waals surface area contributed by atoms with E-state index in [1.807, 2.05) is 5.32 Å². The number of nitrogens with two attached hydrogens (primary N) is 1. The summed E-state index contributed by atoms with van der Waals surface area (Å²) in [6.07, 6.45) is -0.733. The molecule has 1 aliphatic rings. The van der Waals surface area contributed by atoms with Gasteiger partial charge in [0.2, 0.25) is 5.91 Å². The van der Waals surface area contributed by atoms with Gasteiger partial charge in [0, 0.05) is 13.0 Å². The Labute approximate surface area is 97.4 Å². The number of carboxylic acids is 1. The quantitative estimate of drug-likeness (QED) is 0.458. The van der Waals surface area contributed by atoms with Crippen molar-refractivity contribution in [2.75, 3.05) is 6.54 Å². The van der Waals surface area contributed by atoms with Crippen LogP contribution < -0.4 is 11.1 Å². The fourth-order valence-electron chi connectivity index (χ4n) is 1.89. The van der Waals surface area contributed by atoms with Gasteiger partial charge >= 0.3 is 12.0 Å². The van der Waals surface area contributed by atoms with E-state index in [9.17, 15) is 19.5 Å². The molecule has 0 aromatic heterocycles. The molecule has 1 rings (SSSR count). The lowest BCUT2D eigenvalue weighted by atomic mass is 10.2. The highest BCUT2D eigenvalue weighted by Crippen LogP contribution is 2.20. The Morgan fingerprint density at radius 1 is 1.47 bits per heavy atom. The number of hydrogen-bond acceptors (Lipinski definition) is 5. The van der Waals surface area contributed by atoms with Crippen LogP contribution in [0.25, 0.3) is 0 Å². The van der Waals surface area contributed by atoms with E-state index in [2.05, 4.69) is 0 Å². The average Bonchev–Trinajstić information content (AvgIpc) is 2.58. The Kier molecular flexibility index (Phi) is 4.02. The van der Waals surface area contributed by atoms with Crippen LogP contribution in [-0.2, 0) is 9.59 Å². The third-order valence-corrected chi connectivity index (χ3v) is 2.73. The molecule has 17 heavy (non-hydrogen) atoms. The normalized spacial score (nSPS) is 26.5. The van der Waals surface area contributed by atoms with E-state index in [1.165, 1.54) is 11.8 Å². The van der Waals surface area contributed by atoms with Crippen LogP contribution in [0.15, 0.2) is 0 Å². The van der Waals surface area contributed by atoms with Crippen molar-refractivity contribution in [2.45, 2.75) is 31.5 Å². The first kappa shape index (κ1) is 13.4. The molecule has 8 nitrogen and oxygen atoms in total. The lowest BCUT2D eigenvalue weighted by molar-refractivity contribution is -0.143. The number of aliphatic carboxylic acids is 1. The molecule has 0 saturated carbocycles. The summed E-state index contributed by atoms with van der Waals surface area (Å²) in [5.74, 6) is -1.79. The number of nitrogens with one attached hydrogen (secondary N) is 1. The first-order valence-electron chi connectivity index (χ1n) is 5.09. The van der Waals surface area contributed by atoms with Crippen molar-refractivity contribution in [3.05, 3.63) is 0 Å². The smallest absolute Gasteiger partial charge is 0.321 e. The zero-order valence-electron chi connectivity index (χ0n) is 9.29. The van der Waals surface area contributed by atoms with E-state index in [4.69, 9.17) is 10.8 Å². The number of aliphatic hydroxyl groups is 1. The summed E-state index contributed by atoms with van der Waals surface area (Å²) >= 11 is 0. The standard InChI is InChI=1S/C9H15N3O5/c1-4(7(14)11-9(10)17)12-3-5(13)2-6(12)8(15)16/h4-6,13H,2-3H2,1H3,(H,15,16)(H3,10,11,14,17). The molecule has 1 fully saturated rings. The van der Waals surface area contributed by atoms with Crippen molar-refractivity contribution in [3.63, 3.8) is 0 Å². The summed E-state index contributed by atoms with van der Waals surface area (Å²) in [5.41, 5.74) is 4.80. The Morgan fingerprint density at radius 2 is 2.06 bits per heavy atom. The number of imide groups is 1. The van der Waals surface area contributed by atoms with E-state index < -0.39 is 36.1 Å². The number of aliphatic hydroxyl groups excluding tert-OH is 1. The number of nitrogens with zero attached hydrogens (tertiary/aromatic N) is 1. The predicted molar refractivity (Wildman–Crippen MR) is 55.9 cm³/mol. The van der Waals surface area contributed by atoms with Crippen LogP contribution in [0.5, 0.6) is 0 Å². The number of hydrogen-bond donors (Lipinski definition) is 4. The van der Waals surface area contributed by atoms with Crippen LogP contribution >= 0.6 is 0 Å². The summed E-state index contributed by atoms with van der Waals surface area (Å²) in [6.45, 7) is 1.52. The third kappa shape index (κ3) is 3.14. The summed E-state index contributed by atoms with van der Waals surface area (Å²) in [7, 11) is 0. The van der Waals surface area contributed by atoms with Gasteiger partial charge in [-0.25, -0.2) is 4.79 Å². The van der Waals surface area contributed by atoms with Crippen LogP contribution in [0.3, 0.4) is 0 Å². The second kappa shape index (κ2) is 5.11. The van der Waals surface area contributed by atoms with Gasteiger partial charge in [-0.1, -0.05) is 0 Å². The summed E-state index contributed by atoms with van der Waals surface area (Å²) in [4.78, 5) is 34.3. The largest absolute Gasteiger partial charge is 0.480 e. The van der Waals surface area contributed by atoms with E-state index in [0.29, 0.717) is 0 Å². The fraction of sp³-hybridized carbons (Fsp3) is 0.667. The van der Waals surface area contributed by atoms with Gasteiger partial charge in [-0.3, -0.25) is 19.8 Å². The van der Waals surface area contributed by atoms with Crippen LogP contribution in [0, 0.1) is 0 Å². The van der Waals surface area contributed by atoms with Gasteiger partial charge in [-0.05, 0) is 6.92 Å². The molecule has 3 unspecified atom stereocenters. The van der Waals surface area contributed by atoms with Gasteiger partial charge in [0.05, 0.1) is 12.1 Å². The molecular weight excluding hydrogens is 230 g/mol. The SMILES string of the molecule is CC(C(=O)NC(N)=O)N1CC(O)CC1C(=O)O. The molecule has 0 aromatic carbocycles. The van der Waals surface area contributed by atoms with E-state index >= 15 is 0 Å². The molecule has 0 aromatic rings. The first-order valence-corrected chi connectivity index (χ1v) is 5.09. The highest BCUT2D eigenvalue weighted by Gasteiger charge is 2.40.